The molecule has 0 saturated carbocycles. The van der Waals surface area contributed by atoms with Crippen LogP contribution in [0.15, 0.2) is 18.5 Å². The van der Waals surface area contributed by atoms with E-state index in [2.05, 4.69) is 29.9 Å². The van der Waals surface area contributed by atoms with Crippen LogP contribution in [0.2, 0.25) is 0 Å². The van der Waals surface area contributed by atoms with Crippen molar-refractivity contribution in [3.8, 4) is 5.75 Å². The maximum absolute atomic E-state index is 5.92. The fourth-order valence-electron chi connectivity index (χ4n) is 2.82. The second kappa shape index (κ2) is 8.25. The Kier molecular flexibility index (Phi) is 6.31. The SMILES string of the molecule is CCCCCCc1cncc(OC[C@@H]2CCCN2C)c1. The number of hydrogen-bond donors (Lipinski definition) is 0. The first kappa shape index (κ1) is 15.3. The van der Waals surface area contributed by atoms with Crippen molar-refractivity contribution in [2.24, 2.45) is 0 Å². The summed E-state index contributed by atoms with van der Waals surface area (Å²) >= 11 is 0. The first-order valence-corrected chi connectivity index (χ1v) is 8.06. The molecule has 0 unspecified atom stereocenters. The Balaban J connectivity index is 1.76. The molecule has 0 radical (unpaired) electrons. The summed E-state index contributed by atoms with van der Waals surface area (Å²) in [5.74, 6) is 0.929. The van der Waals surface area contributed by atoms with Crippen LogP contribution in [0.4, 0.5) is 0 Å². The lowest BCUT2D eigenvalue weighted by Crippen LogP contribution is -2.30. The third-order valence-corrected chi connectivity index (χ3v) is 4.20. The van der Waals surface area contributed by atoms with Crippen LogP contribution in [0, 0.1) is 0 Å². The molecule has 0 aliphatic carbocycles. The molecule has 0 spiro atoms. The van der Waals surface area contributed by atoms with Crippen molar-refractivity contribution in [1.29, 1.82) is 0 Å². The van der Waals surface area contributed by atoms with Crippen molar-refractivity contribution in [3.05, 3.63) is 24.0 Å². The normalized spacial score (nSPS) is 19.4. The lowest BCUT2D eigenvalue weighted by molar-refractivity contribution is 0.197. The molecule has 1 aromatic rings. The second-order valence-electron chi connectivity index (χ2n) is 5.93. The lowest BCUT2D eigenvalue weighted by atomic mass is 10.1. The number of hydrogen-bond acceptors (Lipinski definition) is 3. The third kappa shape index (κ3) is 4.78. The summed E-state index contributed by atoms with van der Waals surface area (Å²) in [6.07, 6.45) is 12.7. The van der Waals surface area contributed by atoms with Crippen LogP contribution in [0.1, 0.15) is 51.0 Å². The largest absolute Gasteiger partial charge is 0.490 e. The van der Waals surface area contributed by atoms with Crippen molar-refractivity contribution in [2.75, 3.05) is 20.2 Å². The van der Waals surface area contributed by atoms with Gasteiger partial charge < -0.3 is 9.64 Å². The van der Waals surface area contributed by atoms with E-state index in [0.29, 0.717) is 6.04 Å². The van der Waals surface area contributed by atoms with Gasteiger partial charge in [0.15, 0.2) is 0 Å². The van der Waals surface area contributed by atoms with Crippen LogP contribution in [0.3, 0.4) is 0 Å². The van der Waals surface area contributed by atoms with Crippen molar-refractivity contribution in [2.45, 2.75) is 57.9 Å². The molecule has 1 aromatic heterocycles. The van der Waals surface area contributed by atoms with Crippen LogP contribution in [-0.2, 0) is 6.42 Å². The molecule has 1 fully saturated rings. The predicted octanol–water partition coefficient (Wildman–Crippen LogP) is 3.68. The van der Waals surface area contributed by atoms with E-state index in [1.807, 2.05) is 12.4 Å². The van der Waals surface area contributed by atoms with E-state index in [-0.39, 0.29) is 0 Å². The number of unbranched alkanes of at least 4 members (excludes halogenated alkanes) is 3. The average Bonchev–Trinajstić information content (AvgIpc) is 2.87. The number of nitrogens with zero attached hydrogens (tertiary/aromatic N) is 2. The van der Waals surface area contributed by atoms with Gasteiger partial charge in [0.2, 0.25) is 0 Å². The van der Waals surface area contributed by atoms with Gasteiger partial charge in [0.1, 0.15) is 12.4 Å². The van der Waals surface area contributed by atoms with Crippen molar-refractivity contribution >= 4 is 0 Å². The van der Waals surface area contributed by atoms with Gasteiger partial charge in [-0.3, -0.25) is 4.98 Å². The zero-order valence-electron chi connectivity index (χ0n) is 13.0. The topological polar surface area (TPSA) is 25.4 Å². The minimum atomic E-state index is 0.572. The highest BCUT2D eigenvalue weighted by Crippen LogP contribution is 2.18. The van der Waals surface area contributed by atoms with E-state index in [0.717, 1.165) is 18.8 Å². The van der Waals surface area contributed by atoms with E-state index in [4.69, 9.17) is 4.74 Å². The number of likely N-dealkylation sites (tertiary alicyclic amines) is 1. The molecule has 1 atom stereocenters. The summed E-state index contributed by atoms with van der Waals surface area (Å²) in [5, 5.41) is 0. The van der Waals surface area contributed by atoms with Gasteiger partial charge in [-0.1, -0.05) is 26.2 Å². The molecule has 1 aliphatic heterocycles. The first-order chi connectivity index (χ1) is 9.79. The highest BCUT2D eigenvalue weighted by atomic mass is 16.5. The Morgan fingerprint density at radius 3 is 2.95 bits per heavy atom. The third-order valence-electron chi connectivity index (χ3n) is 4.20. The summed E-state index contributed by atoms with van der Waals surface area (Å²) in [6.45, 7) is 4.23. The number of pyridine rings is 1. The average molecular weight is 276 g/mol. The minimum absolute atomic E-state index is 0.572. The van der Waals surface area contributed by atoms with Crippen LogP contribution in [-0.4, -0.2) is 36.1 Å². The quantitative estimate of drug-likeness (QED) is 0.677. The Morgan fingerprint density at radius 1 is 1.30 bits per heavy atom. The Labute approximate surface area is 123 Å². The Bertz CT molecular complexity index is 394. The molecule has 1 aliphatic rings. The summed E-state index contributed by atoms with van der Waals surface area (Å²) in [7, 11) is 2.18. The summed E-state index contributed by atoms with van der Waals surface area (Å²) in [4.78, 5) is 6.70. The smallest absolute Gasteiger partial charge is 0.137 e. The molecule has 3 heteroatoms. The van der Waals surface area contributed by atoms with Gasteiger partial charge >= 0.3 is 0 Å². The molecular weight excluding hydrogens is 248 g/mol. The highest BCUT2D eigenvalue weighted by molar-refractivity contribution is 5.23. The Morgan fingerprint density at radius 2 is 2.20 bits per heavy atom. The molecule has 2 rings (SSSR count). The maximum Gasteiger partial charge on any atom is 0.137 e. The molecule has 0 amide bonds. The molecule has 3 nitrogen and oxygen atoms in total. The van der Waals surface area contributed by atoms with E-state index < -0.39 is 0 Å². The maximum atomic E-state index is 5.92. The second-order valence-corrected chi connectivity index (χ2v) is 5.93. The van der Waals surface area contributed by atoms with Crippen LogP contribution >= 0.6 is 0 Å². The van der Waals surface area contributed by atoms with Crippen molar-refractivity contribution < 1.29 is 4.74 Å². The summed E-state index contributed by atoms with van der Waals surface area (Å²) in [6, 6.07) is 2.73. The van der Waals surface area contributed by atoms with Gasteiger partial charge in [0.05, 0.1) is 6.20 Å². The van der Waals surface area contributed by atoms with Gasteiger partial charge in [-0.15, -0.1) is 0 Å². The van der Waals surface area contributed by atoms with E-state index in [9.17, 15) is 0 Å². The van der Waals surface area contributed by atoms with Gasteiger partial charge in [-0.05, 0) is 50.9 Å². The summed E-state index contributed by atoms with van der Waals surface area (Å²) in [5.41, 5.74) is 1.30. The van der Waals surface area contributed by atoms with Gasteiger partial charge in [0, 0.05) is 12.2 Å². The number of aromatic nitrogens is 1. The fourth-order valence-corrected chi connectivity index (χ4v) is 2.82. The van der Waals surface area contributed by atoms with Gasteiger partial charge in [0.25, 0.3) is 0 Å². The monoisotopic (exact) mass is 276 g/mol. The van der Waals surface area contributed by atoms with E-state index in [1.54, 1.807) is 0 Å². The van der Waals surface area contributed by atoms with Crippen LogP contribution in [0.5, 0.6) is 5.75 Å². The zero-order chi connectivity index (χ0) is 14.2. The predicted molar refractivity (Wildman–Crippen MR) is 83.2 cm³/mol. The number of aryl methyl sites for hydroxylation is 1. The van der Waals surface area contributed by atoms with Gasteiger partial charge in [-0.25, -0.2) is 0 Å². The van der Waals surface area contributed by atoms with Crippen LogP contribution < -0.4 is 4.74 Å². The van der Waals surface area contributed by atoms with Crippen molar-refractivity contribution in [3.63, 3.8) is 0 Å². The number of rotatable bonds is 8. The van der Waals surface area contributed by atoms with Crippen molar-refractivity contribution in [1.82, 2.24) is 9.88 Å². The highest BCUT2D eigenvalue weighted by Gasteiger charge is 2.21. The fraction of sp³-hybridized carbons (Fsp3) is 0.706. The van der Waals surface area contributed by atoms with E-state index >= 15 is 0 Å². The molecule has 0 N–H and O–H groups in total. The molecular formula is C17H28N2O. The molecule has 20 heavy (non-hydrogen) atoms. The van der Waals surface area contributed by atoms with Gasteiger partial charge in [-0.2, -0.15) is 0 Å². The molecule has 1 saturated heterocycles. The standard InChI is InChI=1S/C17H28N2O/c1-3-4-5-6-8-15-11-17(13-18-12-15)20-14-16-9-7-10-19(16)2/h11-13,16H,3-10,14H2,1-2H3/t16-/m0/s1. The minimum Gasteiger partial charge on any atom is -0.490 e. The zero-order valence-corrected chi connectivity index (χ0v) is 13.0. The first-order valence-electron chi connectivity index (χ1n) is 8.06. The molecule has 0 bridgehead atoms. The molecule has 0 aromatic carbocycles. The molecule has 112 valence electrons. The number of ether oxygens (including phenoxy) is 1. The summed E-state index contributed by atoms with van der Waals surface area (Å²) < 4.78 is 5.92. The lowest BCUT2D eigenvalue weighted by Gasteiger charge is -2.19. The number of likely N-dealkylation sites (N-methyl/N-ethyl adjacent to an activating group) is 1. The molecule has 2 heterocycles. The van der Waals surface area contributed by atoms with E-state index in [1.165, 1.54) is 50.6 Å². The Hall–Kier alpha value is -1.09. The van der Waals surface area contributed by atoms with Crippen LogP contribution in [0.25, 0.3) is 0 Å².